The molecule has 1 heterocycles. The monoisotopic (exact) mass is 312 g/mol. The van der Waals surface area contributed by atoms with Gasteiger partial charge in [0.05, 0.1) is 11.0 Å². The highest BCUT2D eigenvalue weighted by atomic mass is 19.4. The Labute approximate surface area is 124 Å². The number of carbonyl (C=O) groups excluding carboxylic acids is 1. The Morgan fingerprint density at radius 2 is 2.00 bits per heavy atom. The SMILES string of the molecule is C=C(CC)NNC(=O)Cn1c(C(F)(F)F)nc2ccccc21. The topological polar surface area (TPSA) is 58.9 Å². The van der Waals surface area contributed by atoms with E-state index in [4.69, 9.17) is 0 Å². The van der Waals surface area contributed by atoms with Crippen LogP contribution < -0.4 is 10.9 Å². The minimum Gasteiger partial charge on any atom is -0.311 e. The summed E-state index contributed by atoms with van der Waals surface area (Å²) in [5.74, 6) is -1.72. The number of allylic oxidation sites excluding steroid dienone is 1. The van der Waals surface area contributed by atoms with Gasteiger partial charge in [0.25, 0.3) is 5.91 Å². The number of hydrogen-bond donors (Lipinski definition) is 2. The molecule has 0 spiro atoms. The summed E-state index contributed by atoms with van der Waals surface area (Å²) in [5, 5.41) is 0. The van der Waals surface area contributed by atoms with Gasteiger partial charge in [-0.3, -0.25) is 10.2 Å². The third-order valence-corrected chi connectivity index (χ3v) is 3.02. The smallest absolute Gasteiger partial charge is 0.311 e. The highest BCUT2D eigenvalue weighted by molar-refractivity contribution is 5.81. The number of aromatic nitrogens is 2. The molecule has 2 N–H and O–H groups in total. The lowest BCUT2D eigenvalue weighted by Crippen LogP contribution is -2.39. The van der Waals surface area contributed by atoms with Crippen LogP contribution in [0.4, 0.5) is 13.2 Å². The van der Waals surface area contributed by atoms with E-state index in [0.29, 0.717) is 12.1 Å². The highest BCUT2D eigenvalue weighted by Gasteiger charge is 2.37. The summed E-state index contributed by atoms with van der Waals surface area (Å²) < 4.78 is 40.0. The molecule has 2 rings (SSSR count). The molecule has 1 amide bonds. The standard InChI is InChI=1S/C14H15F3N4O/c1-3-9(2)19-20-12(22)8-21-11-7-5-4-6-10(11)18-13(21)14(15,16)17/h4-7,19H,2-3,8H2,1H3,(H,20,22). The molecule has 0 radical (unpaired) electrons. The predicted octanol–water partition coefficient (Wildman–Crippen LogP) is 2.60. The lowest BCUT2D eigenvalue weighted by molar-refractivity contribution is -0.147. The zero-order valence-electron chi connectivity index (χ0n) is 11.9. The van der Waals surface area contributed by atoms with Crippen molar-refractivity contribution in [1.29, 1.82) is 0 Å². The summed E-state index contributed by atoms with van der Waals surface area (Å²) in [6.45, 7) is 4.95. The fourth-order valence-corrected chi connectivity index (χ4v) is 1.88. The molecule has 0 atom stereocenters. The molecule has 0 fully saturated rings. The Morgan fingerprint density at radius 1 is 1.32 bits per heavy atom. The number of fused-ring (bicyclic) bond motifs is 1. The van der Waals surface area contributed by atoms with Gasteiger partial charge in [-0.2, -0.15) is 13.2 Å². The minimum atomic E-state index is -4.64. The Kier molecular flexibility index (Phi) is 4.39. The molecule has 1 aromatic heterocycles. The summed E-state index contributed by atoms with van der Waals surface area (Å²) >= 11 is 0. The van der Waals surface area contributed by atoms with Crippen molar-refractivity contribution in [1.82, 2.24) is 20.4 Å². The second-order valence-corrected chi connectivity index (χ2v) is 4.64. The van der Waals surface area contributed by atoms with E-state index >= 15 is 0 Å². The number of nitrogens with one attached hydrogen (secondary N) is 2. The zero-order valence-corrected chi connectivity index (χ0v) is 11.9. The molecule has 5 nitrogen and oxygen atoms in total. The number of para-hydroxylation sites is 2. The van der Waals surface area contributed by atoms with Crippen LogP contribution in [0.1, 0.15) is 19.2 Å². The van der Waals surface area contributed by atoms with Gasteiger partial charge in [0.2, 0.25) is 5.82 Å². The minimum absolute atomic E-state index is 0.188. The molecule has 118 valence electrons. The van der Waals surface area contributed by atoms with Crippen molar-refractivity contribution in [2.45, 2.75) is 26.1 Å². The average molecular weight is 312 g/mol. The van der Waals surface area contributed by atoms with Crippen molar-refractivity contribution in [3.8, 4) is 0 Å². The molecule has 1 aromatic carbocycles. The Balaban J connectivity index is 2.29. The average Bonchev–Trinajstić information content (AvgIpc) is 2.84. The van der Waals surface area contributed by atoms with Crippen LogP contribution in [0.25, 0.3) is 11.0 Å². The van der Waals surface area contributed by atoms with Crippen LogP contribution >= 0.6 is 0 Å². The van der Waals surface area contributed by atoms with Gasteiger partial charge in [-0.25, -0.2) is 4.98 Å². The van der Waals surface area contributed by atoms with E-state index in [2.05, 4.69) is 22.4 Å². The van der Waals surface area contributed by atoms with Crippen LogP contribution in [0.5, 0.6) is 0 Å². The van der Waals surface area contributed by atoms with Gasteiger partial charge in [0.15, 0.2) is 0 Å². The maximum absolute atomic E-state index is 13.1. The maximum Gasteiger partial charge on any atom is 0.449 e. The molecule has 8 heteroatoms. The molecule has 0 unspecified atom stereocenters. The van der Waals surface area contributed by atoms with Gasteiger partial charge in [-0.15, -0.1) is 0 Å². The van der Waals surface area contributed by atoms with Crippen molar-refractivity contribution in [3.63, 3.8) is 0 Å². The molecule has 2 aromatic rings. The molecule has 0 aliphatic carbocycles. The Hall–Kier alpha value is -2.51. The lowest BCUT2D eigenvalue weighted by atomic mass is 10.3. The van der Waals surface area contributed by atoms with Gasteiger partial charge >= 0.3 is 6.18 Å². The van der Waals surface area contributed by atoms with Crippen molar-refractivity contribution in [2.75, 3.05) is 0 Å². The van der Waals surface area contributed by atoms with Crippen LogP contribution in [0.3, 0.4) is 0 Å². The molecule has 0 saturated carbocycles. The first kappa shape index (κ1) is 15.9. The van der Waals surface area contributed by atoms with Crippen molar-refractivity contribution < 1.29 is 18.0 Å². The fraction of sp³-hybridized carbons (Fsp3) is 0.286. The number of amides is 1. The van der Waals surface area contributed by atoms with Crippen molar-refractivity contribution in [3.05, 3.63) is 42.4 Å². The van der Waals surface area contributed by atoms with E-state index in [9.17, 15) is 18.0 Å². The number of carbonyl (C=O) groups is 1. The fourth-order valence-electron chi connectivity index (χ4n) is 1.88. The predicted molar refractivity (Wildman–Crippen MR) is 75.4 cm³/mol. The molecular formula is C14H15F3N4O. The Bertz CT molecular complexity index is 706. The number of hydrazine groups is 1. The van der Waals surface area contributed by atoms with Crippen molar-refractivity contribution >= 4 is 16.9 Å². The summed E-state index contributed by atoms with van der Waals surface area (Å²) in [5.41, 5.74) is 5.85. The van der Waals surface area contributed by atoms with Crippen LogP contribution in [0.2, 0.25) is 0 Å². The molecular weight excluding hydrogens is 297 g/mol. The van der Waals surface area contributed by atoms with Gasteiger partial charge in [-0.05, 0) is 18.6 Å². The third-order valence-electron chi connectivity index (χ3n) is 3.02. The lowest BCUT2D eigenvalue weighted by Gasteiger charge is -2.13. The normalized spacial score (nSPS) is 11.5. The number of alkyl halides is 3. The third kappa shape index (κ3) is 3.38. The van der Waals surface area contributed by atoms with E-state index in [-0.39, 0.29) is 11.0 Å². The van der Waals surface area contributed by atoms with E-state index in [0.717, 1.165) is 4.57 Å². The first-order valence-electron chi connectivity index (χ1n) is 6.58. The number of halogens is 3. The first-order chi connectivity index (χ1) is 10.3. The Morgan fingerprint density at radius 3 is 2.64 bits per heavy atom. The van der Waals surface area contributed by atoms with Gasteiger partial charge < -0.3 is 9.99 Å². The summed E-state index contributed by atoms with van der Waals surface area (Å²) in [7, 11) is 0. The van der Waals surface area contributed by atoms with E-state index < -0.39 is 24.5 Å². The van der Waals surface area contributed by atoms with Crippen LogP contribution in [-0.2, 0) is 17.5 Å². The molecule has 0 aliphatic heterocycles. The van der Waals surface area contributed by atoms with Crippen molar-refractivity contribution in [2.24, 2.45) is 0 Å². The van der Waals surface area contributed by atoms with E-state index in [1.54, 1.807) is 12.1 Å². The second kappa shape index (κ2) is 6.08. The molecule has 0 aliphatic rings. The molecule has 0 saturated heterocycles. The molecule has 22 heavy (non-hydrogen) atoms. The number of imidazole rings is 1. The van der Waals surface area contributed by atoms with Gasteiger partial charge in [-0.1, -0.05) is 25.6 Å². The van der Waals surface area contributed by atoms with Crippen LogP contribution in [0.15, 0.2) is 36.5 Å². The summed E-state index contributed by atoms with van der Waals surface area (Å²) in [6.07, 6.45) is -4.05. The molecule has 0 bridgehead atoms. The number of hydrogen-bond acceptors (Lipinski definition) is 3. The van der Waals surface area contributed by atoms with Crippen LogP contribution in [-0.4, -0.2) is 15.5 Å². The van der Waals surface area contributed by atoms with Crippen LogP contribution in [0, 0.1) is 0 Å². The number of benzene rings is 1. The zero-order chi connectivity index (χ0) is 16.3. The number of nitrogens with zero attached hydrogens (tertiary/aromatic N) is 2. The first-order valence-corrected chi connectivity index (χ1v) is 6.58. The maximum atomic E-state index is 13.1. The van der Waals surface area contributed by atoms with Gasteiger partial charge in [0, 0.05) is 5.70 Å². The quantitative estimate of drug-likeness (QED) is 0.834. The second-order valence-electron chi connectivity index (χ2n) is 4.64. The van der Waals surface area contributed by atoms with E-state index in [1.165, 1.54) is 12.1 Å². The van der Waals surface area contributed by atoms with Gasteiger partial charge in [0.1, 0.15) is 6.54 Å². The summed E-state index contributed by atoms with van der Waals surface area (Å²) in [6, 6.07) is 6.14. The van der Waals surface area contributed by atoms with E-state index in [1.807, 2.05) is 6.92 Å². The summed E-state index contributed by atoms with van der Waals surface area (Å²) in [4.78, 5) is 15.4. The highest BCUT2D eigenvalue weighted by Crippen LogP contribution is 2.31. The number of rotatable bonds is 5. The largest absolute Gasteiger partial charge is 0.449 e.